The van der Waals surface area contributed by atoms with Gasteiger partial charge in [0.2, 0.25) is 0 Å². The van der Waals surface area contributed by atoms with Gasteiger partial charge >= 0.3 is 0 Å². The molecule has 1 heterocycles. The molecular formula is C20H19Cl2N. The predicted molar refractivity (Wildman–Crippen MR) is 101 cm³/mol. The summed E-state index contributed by atoms with van der Waals surface area (Å²) in [7, 11) is 0. The summed E-state index contributed by atoms with van der Waals surface area (Å²) in [5.74, 6) is 0. The summed E-state index contributed by atoms with van der Waals surface area (Å²) in [5.41, 5.74) is 6.38. The highest BCUT2D eigenvalue weighted by Gasteiger charge is 2.18. The summed E-state index contributed by atoms with van der Waals surface area (Å²) in [6.07, 6.45) is 6.00. The molecule has 1 aliphatic rings. The average Bonchev–Trinajstić information content (AvgIpc) is 2.78. The van der Waals surface area contributed by atoms with Crippen LogP contribution in [0.3, 0.4) is 0 Å². The monoisotopic (exact) mass is 343 g/mol. The smallest absolute Gasteiger partial charge is 0.0712 e. The number of aromatic nitrogens is 1. The molecule has 0 spiro atoms. The van der Waals surface area contributed by atoms with Gasteiger partial charge in [0, 0.05) is 16.1 Å². The van der Waals surface area contributed by atoms with Crippen LogP contribution in [0.4, 0.5) is 0 Å². The van der Waals surface area contributed by atoms with Crippen LogP contribution >= 0.6 is 24.0 Å². The van der Waals surface area contributed by atoms with Crippen molar-refractivity contribution in [3.8, 4) is 11.1 Å². The largest absolute Gasteiger partial charge is 0.253 e. The minimum atomic E-state index is 0. The number of halogens is 2. The second-order valence-electron chi connectivity index (χ2n) is 6.00. The van der Waals surface area contributed by atoms with Crippen LogP contribution in [0.1, 0.15) is 30.5 Å². The molecule has 0 saturated heterocycles. The van der Waals surface area contributed by atoms with Crippen molar-refractivity contribution >= 4 is 34.9 Å². The van der Waals surface area contributed by atoms with Crippen LogP contribution in [0.15, 0.2) is 48.5 Å². The van der Waals surface area contributed by atoms with Gasteiger partial charge in [0.15, 0.2) is 0 Å². The van der Waals surface area contributed by atoms with E-state index >= 15 is 0 Å². The molecule has 0 N–H and O–H groups in total. The Balaban J connectivity index is 0.00000156. The molecule has 23 heavy (non-hydrogen) atoms. The lowest BCUT2D eigenvalue weighted by molar-refractivity contribution is 0.709. The fourth-order valence-corrected chi connectivity index (χ4v) is 3.68. The van der Waals surface area contributed by atoms with Crippen molar-refractivity contribution in [2.45, 2.75) is 32.1 Å². The van der Waals surface area contributed by atoms with Gasteiger partial charge in [-0.25, -0.2) is 0 Å². The third kappa shape index (κ3) is 3.08. The highest BCUT2D eigenvalue weighted by molar-refractivity contribution is 6.31. The topological polar surface area (TPSA) is 12.9 Å². The van der Waals surface area contributed by atoms with E-state index in [1.54, 1.807) is 0 Å². The second-order valence-corrected chi connectivity index (χ2v) is 6.44. The lowest BCUT2D eigenvalue weighted by atomic mass is 9.92. The van der Waals surface area contributed by atoms with Gasteiger partial charge in [0.25, 0.3) is 0 Å². The Morgan fingerprint density at radius 1 is 0.870 bits per heavy atom. The Bertz CT molecular complexity index is 828. The van der Waals surface area contributed by atoms with Crippen LogP contribution in [0.5, 0.6) is 0 Å². The number of pyridine rings is 1. The Morgan fingerprint density at radius 3 is 2.48 bits per heavy atom. The molecule has 0 bridgehead atoms. The molecule has 1 aliphatic carbocycles. The highest BCUT2D eigenvalue weighted by atomic mass is 35.5. The number of hydrogen-bond acceptors (Lipinski definition) is 1. The molecule has 0 fully saturated rings. The van der Waals surface area contributed by atoms with Crippen LogP contribution in [0, 0.1) is 0 Å². The molecule has 1 nitrogen and oxygen atoms in total. The summed E-state index contributed by atoms with van der Waals surface area (Å²) >= 11 is 6.27. The molecular weight excluding hydrogens is 325 g/mol. The zero-order valence-corrected chi connectivity index (χ0v) is 14.5. The number of fused-ring (bicyclic) bond motifs is 2. The first-order valence-corrected chi connectivity index (χ1v) is 8.37. The lowest BCUT2D eigenvalue weighted by Crippen LogP contribution is -2.00. The lowest BCUT2D eigenvalue weighted by Gasteiger charge is -2.16. The quantitative estimate of drug-likeness (QED) is 0.476. The Morgan fingerprint density at radius 2 is 1.65 bits per heavy atom. The van der Waals surface area contributed by atoms with E-state index in [2.05, 4.69) is 42.5 Å². The van der Waals surface area contributed by atoms with Crippen molar-refractivity contribution in [1.29, 1.82) is 0 Å². The predicted octanol–water partition coefficient (Wildman–Crippen LogP) is 6.25. The van der Waals surface area contributed by atoms with Crippen LogP contribution in [0.25, 0.3) is 22.0 Å². The Hall–Kier alpha value is -1.57. The van der Waals surface area contributed by atoms with Gasteiger partial charge in [0.05, 0.1) is 5.52 Å². The summed E-state index contributed by atoms with van der Waals surface area (Å²) in [5, 5.41) is 1.96. The molecule has 0 radical (unpaired) electrons. The van der Waals surface area contributed by atoms with E-state index in [0.29, 0.717) is 0 Å². The summed E-state index contributed by atoms with van der Waals surface area (Å²) < 4.78 is 0. The van der Waals surface area contributed by atoms with Crippen molar-refractivity contribution in [2.24, 2.45) is 0 Å². The molecule has 2 aromatic carbocycles. The first-order valence-electron chi connectivity index (χ1n) is 7.99. The van der Waals surface area contributed by atoms with Gasteiger partial charge in [-0.15, -0.1) is 12.4 Å². The molecule has 0 atom stereocenters. The van der Waals surface area contributed by atoms with Crippen molar-refractivity contribution in [1.82, 2.24) is 4.98 Å². The third-order valence-electron chi connectivity index (χ3n) is 4.54. The van der Waals surface area contributed by atoms with Crippen molar-refractivity contribution < 1.29 is 0 Å². The fraction of sp³-hybridized carbons (Fsp3) is 0.250. The molecule has 118 valence electrons. The van der Waals surface area contributed by atoms with Gasteiger partial charge in [-0.1, -0.05) is 48.4 Å². The van der Waals surface area contributed by atoms with E-state index in [1.165, 1.54) is 47.0 Å². The summed E-state index contributed by atoms with van der Waals surface area (Å²) in [4.78, 5) is 4.94. The van der Waals surface area contributed by atoms with E-state index in [1.807, 2.05) is 6.07 Å². The molecule has 1 aromatic heterocycles. The van der Waals surface area contributed by atoms with Crippen LogP contribution in [-0.2, 0) is 12.8 Å². The maximum Gasteiger partial charge on any atom is 0.0712 e. The number of hydrogen-bond donors (Lipinski definition) is 0. The van der Waals surface area contributed by atoms with E-state index < -0.39 is 0 Å². The summed E-state index contributed by atoms with van der Waals surface area (Å²) in [6, 6.07) is 16.7. The molecule has 0 amide bonds. The van der Waals surface area contributed by atoms with Crippen molar-refractivity contribution in [2.75, 3.05) is 0 Å². The third-order valence-corrected chi connectivity index (χ3v) is 4.77. The standard InChI is InChI=1S/C20H18ClN.ClH/c21-15-11-12-19-17(13-15)20(14-7-3-1-4-8-14)16-9-5-2-6-10-18(16)22-19;/h1,3-4,7-8,11-13H,2,5-6,9-10H2;1H. The van der Waals surface area contributed by atoms with Crippen molar-refractivity contribution in [3.63, 3.8) is 0 Å². The normalized spacial score (nSPS) is 14.0. The first-order chi connectivity index (χ1) is 10.8. The molecule has 3 heteroatoms. The molecule has 0 saturated carbocycles. The summed E-state index contributed by atoms with van der Waals surface area (Å²) in [6.45, 7) is 0. The zero-order chi connectivity index (χ0) is 14.9. The van der Waals surface area contributed by atoms with Crippen LogP contribution in [-0.4, -0.2) is 4.98 Å². The van der Waals surface area contributed by atoms with Crippen LogP contribution in [0.2, 0.25) is 5.02 Å². The number of aryl methyl sites for hydroxylation is 1. The van der Waals surface area contributed by atoms with Crippen molar-refractivity contribution in [3.05, 3.63) is 64.8 Å². The van der Waals surface area contributed by atoms with Crippen LogP contribution < -0.4 is 0 Å². The minimum absolute atomic E-state index is 0. The Kier molecular flexibility index (Phi) is 4.89. The SMILES string of the molecule is Cl.Clc1ccc2nc3c(c(-c4ccccc4)c2c1)CCCCC3. The Labute approximate surface area is 148 Å². The minimum Gasteiger partial charge on any atom is -0.253 e. The van der Waals surface area contributed by atoms with E-state index in [4.69, 9.17) is 16.6 Å². The van der Waals surface area contributed by atoms with Gasteiger partial charge in [-0.2, -0.15) is 0 Å². The molecule has 3 aromatic rings. The van der Waals surface area contributed by atoms with Gasteiger partial charge in [0.1, 0.15) is 0 Å². The fourth-order valence-electron chi connectivity index (χ4n) is 3.51. The highest BCUT2D eigenvalue weighted by Crippen LogP contribution is 2.36. The number of rotatable bonds is 1. The number of nitrogens with zero attached hydrogens (tertiary/aromatic N) is 1. The average molecular weight is 344 g/mol. The van der Waals surface area contributed by atoms with Gasteiger partial charge in [-0.05, 0) is 60.6 Å². The van der Waals surface area contributed by atoms with Gasteiger partial charge < -0.3 is 0 Å². The zero-order valence-electron chi connectivity index (χ0n) is 12.9. The van der Waals surface area contributed by atoms with E-state index in [-0.39, 0.29) is 12.4 Å². The molecule has 0 unspecified atom stereocenters. The van der Waals surface area contributed by atoms with E-state index in [0.717, 1.165) is 23.4 Å². The molecule has 4 rings (SSSR count). The first kappa shape index (κ1) is 16.3. The second kappa shape index (κ2) is 6.90. The maximum absolute atomic E-state index is 6.27. The molecule has 0 aliphatic heterocycles. The maximum atomic E-state index is 6.27. The van der Waals surface area contributed by atoms with E-state index in [9.17, 15) is 0 Å². The number of benzene rings is 2. The van der Waals surface area contributed by atoms with Gasteiger partial charge in [-0.3, -0.25) is 4.98 Å².